The van der Waals surface area contributed by atoms with Gasteiger partial charge in [-0.15, -0.1) is 0 Å². The molecule has 0 radical (unpaired) electrons. The Morgan fingerprint density at radius 3 is 2.64 bits per heavy atom. The van der Waals surface area contributed by atoms with Crippen LogP contribution in [-0.4, -0.2) is 12.0 Å². The van der Waals surface area contributed by atoms with Crippen molar-refractivity contribution in [2.24, 2.45) is 0 Å². The summed E-state index contributed by atoms with van der Waals surface area (Å²) in [4.78, 5) is 24.6. The van der Waals surface area contributed by atoms with Crippen LogP contribution >= 0.6 is 22.6 Å². The van der Waals surface area contributed by atoms with Gasteiger partial charge >= 0.3 is 12.0 Å². The van der Waals surface area contributed by atoms with Gasteiger partial charge in [0, 0.05) is 9.27 Å². The third kappa shape index (κ3) is 4.19. The number of allylic oxidation sites excluding steroid dienone is 1. The number of carbonyl (C=O) groups is 2. The van der Waals surface area contributed by atoms with Gasteiger partial charge in [-0.2, -0.15) is 0 Å². The van der Waals surface area contributed by atoms with Crippen LogP contribution in [0.3, 0.4) is 0 Å². The first-order chi connectivity index (χ1) is 12.0. The van der Waals surface area contributed by atoms with Crippen molar-refractivity contribution in [3.8, 4) is 0 Å². The fourth-order valence-electron chi connectivity index (χ4n) is 2.70. The molecule has 0 saturated carbocycles. The Labute approximate surface area is 159 Å². The van der Waals surface area contributed by atoms with Crippen molar-refractivity contribution in [3.63, 3.8) is 0 Å². The van der Waals surface area contributed by atoms with E-state index in [1.807, 2.05) is 54.6 Å². The minimum absolute atomic E-state index is 0.184. The zero-order valence-corrected chi connectivity index (χ0v) is 15.7. The molecule has 1 unspecified atom stereocenters. The average molecular weight is 448 g/mol. The predicted octanol–water partition coefficient (Wildman–Crippen LogP) is 3.66. The maximum absolute atomic E-state index is 12.7. The molecule has 3 rings (SSSR count). The number of urea groups is 1. The van der Waals surface area contributed by atoms with Crippen LogP contribution in [0.4, 0.5) is 4.79 Å². The highest BCUT2D eigenvalue weighted by Gasteiger charge is 2.32. The molecule has 0 aromatic heterocycles. The second-order valence-electron chi connectivity index (χ2n) is 5.69. The van der Waals surface area contributed by atoms with Crippen LogP contribution in [0, 0.1) is 3.57 Å². The highest BCUT2D eigenvalue weighted by Crippen LogP contribution is 2.28. The molecule has 0 spiro atoms. The highest BCUT2D eigenvalue weighted by atomic mass is 127. The second kappa shape index (κ2) is 7.69. The summed E-state index contributed by atoms with van der Waals surface area (Å²) < 4.78 is 6.49. The Kier molecular flexibility index (Phi) is 5.37. The van der Waals surface area contributed by atoms with Crippen molar-refractivity contribution in [2.45, 2.75) is 19.6 Å². The van der Waals surface area contributed by atoms with Gasteiger partial charge < -0.3 is 15.4 Å². The summed E-state index contributed by atoms with van der Waals surface area (Å²) in [6.07, 6.45) is 0. The van der Waals surface area contributed by atoms with Gasteiger partial charge in [0.05, 0.1) is 11.6 Å². The van der Waals surface area contributed by atoms with Crippen molar-refractivity contribution < 1.29 is 14.3 Å². The molecule has 0 bridgehead atoms. The highest BCUT2D eigenvalue weighted by molar-refractivity contribution is 14.1. The fraction of sp³-hybridized carbons (Fsp3) is 0.158. The van der Waals surface area contributed by atoms with E-state index in [-0.39, 0.29) is 12.6 Å². The summed E-state index contributed by atoms with van der Waals surface area (Å²) in [5, 5.41) is 5.46. The van der Waals surface area contributed by atoms with E-state index in [0.717, 1.165) is 14.7 Å². The van der Waals surface area contributed by atoms with E-state index in [4.69, 9.17) is 4.74 Å². The molecule has 6 heteroatoms. The third-order valence-electron chi connectivity index (χ3n) is 3.88. The average Bonchev–Trinajstić information content (AvgIpc) is 2.60. The largest absolute Gasteiger partial charge is 0.457 e. The lowest BCUT2D eigenvalue weighted by Crippen LogP contribution is -2.45. The minimum atomic E-state index is -0.535. The van der Waals surface area contributed by atoms with Crippen LogP contribution in [0.5, 0.6) is 0 Å². The number of hydrogen-bond donors (Lipinski definition) is 2. The number of carbonyl (C=O) groups excluding carboxylic acids is 2. The quantitative estimate of drug-likeness (QED) is 0.555. The molecule has 0 fully saturated rings. The van der Waals surface area contributed by atoms with E-state index in [0.29, 0.717) is 11.3 Å². The molecule has 1 aliphatic heterocycles. The van der Waals surface area contributed by atoms with Crippen LogP contribution in [0.2, 0.25) is 0 Å². The minimum Gasteiger partial charge on any atom is -0.457 e. The van der Waals surface area contributed by atoms with Gasteiger partial charge in [0.2, 0.25) is 0 Å². The molecule has 2 amide bonds. The standard InChI is InChI=1S/C19H17IN2O3/c1-12-16(18(23)25-11-13-6-3-2-4-7-13)17(22-19(24)21-12)14-8-5-9-15(20)10-14/h2-10,17H,11H2,1H3,(H2,21,22,24). The van der Waals surface area contributed by atoms with Crippen LogP contribution in [-0.2, 0) is 16.1 Å². The summed E-state index contributed by atoms with van der Waals surface area (Å²) in [6, 6.07) is 16.3. The molecule has 2 N–H and O–H groups in total. The van der Waals surface area contributed by atoms with Gasteiger partial charge in [0.15, 0.2) is 0 Å². The lowest BCUT2D eigenvalue weighted by atomic mass is 9.96. The molecule has 128 valence electrons. The predicted molar refractivity (Wildman–Crippen MR) is 103 cm³/mol. The maximum atomic E-state index is 12.7. The number of amides is 2. The molecule has 1 heterocycles. The van der Waals surface area contributed by atoms with Gasteiger partial charge in [-0.25, -0.2) is 9.59 Å². The SMILES string of the molecule is CC1=C(C(=O)OCc2ccccc2)C(c2cccc(I)c2)NC(=O)N1. The number of halogens is 1. The second-order valence-corrected chi connectivity index (χ2v) is 6.93. The summed E-state index contributed by atoms with van der Waals surface area (Å²) in [5.41, 5.74) is 2.67. The number of nitrogens with one attached hydrogen (secondary N) is 2. The molecule has 1 atom stereocenters. The van der Waals surface area contributed by atoms with Crippen LogP contribution < -0.4 is 10.6 Å². The fourth-order valence-corrected chi connectivity index (χ4v) is 3.27. The molecule has 2 aromatic rings. The van der Waals surface area contributed by atoms with Crippen LogP contribution in [0.15, 0.2) is 65.9 Å². The van der Waals surface area contributed by atoms with E-state index in [1.54, 1.807) is 6.92 Å². The molecule has 25 heavy (non-hydrogen) atoms. The van der Waals surface area contributed by atoms with E-state index >= 15 is 0 Å². The van der Waals surface area contributed by atoms with Crippen LogP contribution in [0.1, 0.15) is 24.1 Å². The van der Waals surface area contributed by atoms with Crippen molar-refractivity contribution in [1.29, 1.82) is 0 Å². The summed E-state index contributed by atoms with van der Waals surface area (Å²) in [7, 11) is 0. The number of ether oxygens (including phenoxy) is 1. The summed E-state index contributed by atoms with van der Waals surface area (Å²) in [5.74, 6) is -0.447. The monoisotopic (exact) mass is 448 g/mol. The number of esters is 1. The normalized spacial score (nSPS) is 16.9. The molecule has 0 aliphatic carbocycles. The Morgan fingerprint density at radius 2 is 1.92 bits per heavy atom. The summed E-state index contributed by atoms with van der Waals surface area (Å²) >= 11 is 2.20. The summed E-state index contributed by atoms with van der Waals surface area (Å²) in [6.45, 7) is 1.89. The molecular formula is C19H17IN2O3. The third-order valence-corrected chi connectivity index (χ3v) is 4.55. The van der Waals surface area contributed by atoms with E-state index in [1.165, 1.54) is 0 Å². The molecular weight excluding hydrogens is 431 g/mol. The lowest BCUT2D eigenvalue weighted by Gasteiger charge is -2.28. The van der Waals surface area contributed by atoms with Gasteiger partial charge in [-0.1, -0.05) is 42.5 Å². The zero-order valence-electron chi connectivity index (χ0n) is 13.6. The van der Waals surface area contributed by atoms with E-state index in [2.05, 4.69) is 33.2 Å². The van der Waals surface area contributed by atoms with Crippen molar-refractivity contribution in [3.05, 3.63) is 80.6 Å². The maximum Gasteiger partial charge on any atom is 0.338 e. The van der Waals surface area contributed by atoms with Gasteiger partial charge in [-0.3, -0.25) is 0 Å². The van der Waals surface area contributed by atoms with Gasteiger partial charge in [0.25, 0.3) is 0 Å². The van der Waals surface area contributed by atoms with Gasteiger partial charge in [-0.05, 0) is 52.8 Å². The van der Waals surface area contributed by atoms with Crippen molar-refractivity contribution in [1.82, 2.24) is 10.6 Å². The first kappa shape index (κ1) is 17.5. The number of benzene rings is 2. The van der Waals surface area contributed by atoms with Crippen LogP contribution in [0.25, 0.3) is 0 Å². The van der Waals surface area contributed by atoms with E-state index < -0.39 is 12.0 Å². The lowest BCUT2D eigenvalue weighted by molar-refractivity contribution is -0.140. The molecule has 0 saturated heterocycles. The van der Waals surface area contributed by atoms with Crippen molar-refractivity contribution in [2.75, 3.05) is 0 Å². The molecule has 1 aliphatic rings. The Morgan fingerprint density at radius 1 is 1.16 bits per heavy atom. The molecule has 2 aromatic carbocycles. The number of hydrogen-bond acceptors (Lipinski definition) is 3. The van der Waals surface area contributed by atoms with Gasteiger partial charge in [0.1, 0.15) is 6.61 Å². The first-order valence-electron chi connectivity index (χ1n) is 7.79. The first-order valence-corrected chi connectivity index (χ1v) is 8.87. The van der Waals surface area contributed by atoms with E-state index in [9.17, 15) is 9.59 Å². The zero-order chi connectivity index (χ0) is 17.8. The Bertz CT molecular complexity index is 834. The molecule has 5 nitrogen and oxygen atoms in total. The Balaban J connectivity index is 1.85. The number of rotatable bonds is 4. The Hall–Kier alpha value is -2.35. The topological polar surface area (TPSA) is 67.4 Å². The van der Waals surface area contributed by atoms with Crippen molar-refractivity contribution >= 4 is 34.6 Å². The smallest absolute Gasteiger partial charge is 0.338 e.